The molecule has 1 aliphatic rings. The van der Waals surface area contributed by atoms with Crippen LogP contribution in [0.15, 0.2) is 36.9 Å². The summed E-state index contributed by atoms with van der Waals surface area (Å²) in [6.45, 7) is 0.300. The molecule has 3 heterocycles. The van der Waals surface area contributed by atoms with Crippen LogP contribution >= 0.6 is 11.6 Å². The Hall–Kier alpha value is -2.05. The number of hydrogen-bond acceptors (Lipinski definition) is 4. The Morgan fingerprint density at radius 3 is 2.88 bits per heavy atom. The Kier molecular flexibility index (Phi) is 4.63. The first-order valence-electron chi connectivity index (χ1n) is 8.78. The lowest BCUT2D eigenvalue weighted by Crippen LogP contribution is -2.19. The molecule has 0 aliphatic heterocycles. The molecule has 132 valence electrons. The number of nitrogens with zero attached hydrogens (tertiary/aromatic N) is 4. The van der Waals surface area contributed by atoms with Crippen molar-refractivity contribution < 1.29 is 5.11 Å². The van der Waals surface area contributed by atoms with Gasteiger partial charge in [-0.25, -0.2) is 4.98 Å². The van der Waals surface area contributed by atoms with Gasteiger partial charge >= 0.3 is 0 Å². The molecule has 6 nitrogen and oxygen atoms in total. The fourth-order valence-corrected chi connectivity index (χ4v) is 3.92. The topological polar surface area (TPSA) is 67.4 Å². The summed E-state index contributed by atoms with van der Waals surface area (Å²) in [5.41, 5.74) is 2.65. The molecule has 4 rings (SSSR count). The zero-order valence-electron chi connectivity index (χ0n) is 14.0. The average Bonchev–Trinajstić information content (AvgIpc) is 3.28. The lowest BCUT2D eigenvalue weighted by Gasteiger charge is -2.28. The molecule has 2 N–H and O–H groups in total. The second-order valence-electron chi connectivity index (χ2n) is 6.71. The number of aromatic nitrogens is 4. The molecule has 0 spiro atoms. The van der Waals surface area contributed by atoms with Crippen LogP contribution in [-0.4, -0.2) is 30.9 Å². The van der Waals surface area contributed by atoms with Crippen LogP contribution in [0.2, 0.25) is 5.15 Å². The molecular weight excluding hydrogens is 338 g/mol. The van der Waals surface area contributed by atoms with Crippen LogP contribution in [0.5, 0.6) is 0 Å². The largest absolute Gasteiger partial charge is 0.396 e. The molecule has 1 aliphatic carbocycles. The first kappa shape index (κ1) is 16.4. The van der Waals surface area contributed by atoms with Crippen LogP contribution in [0.3, 0.4) is 0 Å². The van der Waals surface area contributed by atoms with E-state index >= 15 is 0 Å². The molecular formula is C18H22ClN5O. The molecule has 0 saturated heterocycles. The van der Waals surface area contributed by atoms with Crippen molar-refractivity contribution in [1.82, 2.24) is 19.2 Å². The van der Waals surface area contributed by atoms with Gasteiger partial charge in [0.2, 0.25) is 0 Å². The highest BCUT2D eigenvalue weighted by Crippen LogP contribution is 2.34. The summed E-state index contributed by atoms with van der Waals surface area (Å²) in [4.78, 5) is 4.37. The molecule has 0 bridgehead atoms. The number of halogens is 1. The summed E-state index contributed by atoms with van der Waals surface area (Å²) in [5, 5.41) is 17.6. The van der Waals surface area contributed by atoms with Gasteiger partial charge < -0.3 is 10.4 Å². The van der Waals surface area contributed by atoms with Gasteiger partial charge in [0.25, 0.3) is 0 Å². The molecule has 3 aromatic heterocycles. The Morgan fingerprint density at radius 2 is 2.08 bits per heavy atom. The van der Waals surface area contributed by atoms with Gasteiger partial charge in [-0.15, -0.1) is 0 Å². The Labute approximate surface area is 151 Å². The van der Waals surface area contributed by atoms with Crippen molar-refractivity contribution in [3.63, 3.8) is 0 Å². The smallest absolute Gasteiger partial charge is 0.161 e. The van der Waals surface area contributed by atoms with Crippen molar-refractivity contribution in [2.24, 2.45) is 5.92 Å². The van der Waals surface area contributed by atoms with Gasteiger partial charge in [0.1, 0.15) is 5.15 Å². The highest BCUT2D eigenvalue weighted by molar-refractivity contribution is 6.29. The summed E-state index contributed by atoms with van der Waals surface area (Å²) in [7, 11) is 0. The van der Waals surface area contributed by atoms with Gasteiger partial charge in [-0.1, -0.05) is 11.6 Å². The quantitative estimate of drug-likeness (QED) is 0.674. The van der Waals surface area contributed by atoms with E-state index < -0.39 is 0 Å². The van der Waals surface area contributed by atoms with E-state index in [9.17, 15) is 0 Å². The van der Waals surface area contributed by atoms with Gasteiger partial charge in [-0.2, -0.15) is 5.10 Å². The van der Waals surface area contributed by atoms with Crippen LogP contribution in [0.1, 0.15) is 38.1 Å². The number of anilines is 2. The predicted octanol–water partition coefficient (Wildman–Crippen LogP) is 4.04. The SMILES string of the molecule is OCC[C@H]1CC[C@H](n2cc(Nc3ccc(Cl)n4ccnc34)cn2)CC1. The maximum Gasteiger partial charge on any atom is 0.161 e. The van der Waals surface area contributed by atoms with Gasteiger partial charge in [0.15, 0.2) is 5.65 Å². The molecule has 1 fully saturated rings. The zero-order valence-corrected chi connectivity index (χ0v) is 14.7. The first-order valence-corrected chi connectivity index (χ1v) is 9.16. The van der Waals surface area contributed by atoms with Crippen molar-refractivity contribution in [1.29, 1.82) is 0 Å². The van der Waals surface area contributed by atoms with E-state index in [-0.39, 0.29) is 0 Å². The molecule has 25 heavy (non-hydrogen) atoms. The van der Waals surface area contributed by atoms with Crippen LogP contribution < -0.4 is 5.32 Å². The minimum atomic E-state index is 0.300. The maximum atomic E-state index is 9.08. The number of nitrogens with one attached hydrogen (secondary N) is 1. The van der Waals surface area contributed by atoms with Crippen molar-refractivity contribution in [2.45, 2.75) is 38.1 Å². The highest BCUT2D eigenvalue weighted by atomic mass is 35.5. The lowest BCUT2D eigenvalue weighted by molar-refractivity contribution is 0.202. The molecule has 3 aromatic rings. The number of imidazole rings is 1. The van der Waals surface area contributed by atoms with Crippen LogP contribution in [-0.2, 0) is 0 Å². The number of hydrogen-bond donors (Lipinski definition) is 2. The number of aliphatic hydroxyl groups is 1. The number of fused-ring (bicyclic) bond motifs is 1. The predicted molar refractivity (Wildman–Crippen MR) is 98.4 cm³/mol. The zero-order chi connectivity index (χ0) is 17.2. The third-order valence-electron chi connectivity index (χ3n) is 5.11. The number of pyridine rings is 1. The van der Waals surface area contributed by atoms with Crippen LogP contribution in [0.4, 0.5) is 11.4 Å². The van der Waals surface area contributed by atoms with E-state index in [4.69, 9.17) is 16.7 Å². The third-order valence-corrected chi connectivity index (χ3v) is 5.42. The van der Waals surface area contributed by atoms with Crippen molar-refractivity contribution in [3.8, 4) is 0 Å². The van der Waals surface area contributed by atoms with Crippen molar-refractivity contribution in [3.05, 3.63) is 42.1 Å². The fraction of sp³-hybridized carbons (Fsp3) is 0.444. The Bertz CT molecular complexity index is 850. The summed E-state index contributed by atoms with van der Waals surface area (Å²) in [5.74, 6) is 0.664. The van der Waals surface area contributed by atoms with Crippen LogP contribution in [0, 0.1) is 5.92 Å². The van der Waals surface area contributed by atoms with Crippen molar-refractivity contribution in [2.75, 3.05) is 11.9 Å². The Morgan fingerprint density at radius 1 is 1.24 bits per heavy atom. The summed E-state index contributed by atoms with van der Waals surface area (Å²) < 4.78 is 3.91. The second kappa shape index (κ2) is 7.06. The number of aliphatic hydroxyl groups excluding tert-OH is 1. The summed E-state index contributed by atoms with van der Waals surface area (Å²) >= 11 is 6.18. The van der Waals surface area contributed by atoms with E-state index in [1.54, 1.807) is 6.20 Å². The normalized spacial score (nSPS) is 20.9. The minimum absolute atomic E-state index is 0.300. The van der Waals surface area contributed by atoms with E-state index in [1.165, 1.54) is 12.8 Å². The maximum absolute atomic E-state index is 9.08. The average molecular weight is 360 g/mol. The van der Waals surface area contributed by atoms with Gasteiger partial charge in [0, 0.05) is 25.2 Å². The Balaban J connectivity index is 1.46. The molecule has 0 aromatic carbocycles. The molecule has 0 atom stereocenters. The highest BCUT2D eigenvalue weighted by Gasteiger charge is 2.22. The van der Waals surface area contributed by atoms with E-state index in [2.05, 4.69) is 26.3 Å². The summed E-state index contributed by atoms with van der Waals surface area (Å²) in [6.07, 6.45) is 13.0. The van der Waals surface area contributed by atoms with E-state index in [0.717, 1.165) is 36.3 Å². The van der Waals surface area contributed by atoms with Gasteiger partial charge in [-0.05, 0) is 50.2 Å². The van der Waals surface area contributed by atoms with E-state index in [0.29, 0.717) is 23.7 Å². The van der Waals surface area contributed by atoms with Crippen LogP contribution in [0.25, 0.3) is 5.65 Å². The van der Waals surface area contributed by atoms with Gasteiger partial charge in [0.05, 0.1) is 23.6 Å². The first-order chi connectivity index (χ1) is 12.2. The lowest BCUT2D eigenvalue weighted by atomic mass is 9.84. The number of rotatable bonds is 5. The monoisotopic (exact) mass is 359 g/mol. The molecule has 0 unspecified atom stereocenters. The van der Waals surface area contributed by atoms with Gasteiger partial charge in [-0.3, -0.25) is 9.08 Å². The fourth-order valence-electron chi connectivity index (χ4n) is 3.72. The van der Waals surface area contributed by atoms with E-state index in [1.807, 2.05) is 28.9 Å². The molecule has 0 radical (unpaired) electrons. The standard InChI is InChI=1S/C18H22ClN5O/c19-17-6-5-16(18-20-8-9-23(17)18)22-14-11-21-24(12-14)15-3-1-13(2-4-15)7-10-25/h5-6,8-9,11-13,15,22,25H,1-4,7,10H2/t13-,15-. The third kappa shape index (κ3) is 3.37. The second-order valence-corrected chi connectivity index (χ2v) is 7.10. The molecule has 1 saturated carbocycles. The minimum Gasteiger partial charge on any atom is -0.396 e. The summed E-state index contributed by atoms with van der Waals surface area (Å²) in [6, 6.07) is 4.23. The molecule has 0 amide bonds. The van der Waals surface area contributed by atoms with Crippen molar-refractivity contribution >= 4 is 28.6 Å². The molecule has 7 heteroatoms.